The van der Waals surface area contributed by atoms with Crippen molar-refractivity contribution < 1.29 is 9.84 Å². The van der Waals surface area contributed by atoms with E-state index in [0.717, 1.165) is 25.8 Å². The van der Waals surface area contributed by atoms with Crippen molar-refractivity contribution >= 4 is 0 Å². The van der Waals surface area contributed by atoms with Crippen LogP contribution in [0.15, 0.2) is 0 Å². The molecule has 14 heavy (non-hydrogen) atoms. The highest BCUT2D eigenvalue weighted by molar-refractivity contribution is 4.96. The molecule has 2 unspecified atom stereocenters. The number of nitriles is 1. The number of ether oxygens (including phenoxy) is 1. The van der Waals surface area contributed by atoms with Crippen LogP contribution in [0, 0.1) is 17.2 Å². The normalized spacial score (nSPS) is 26.3. The molecule has 0 amide bonds. The fourth-order valence-corrected chi connectivity index (χ4v) is 1.84. The van der Waals surface area contributed by atoms with Gasteiger partial charge in [0.05, 0.1) is 31.8 Å². The largest absolute Gasteiger partial charge is 0.394 e. The number of nitrogens with zero attached hydrogens (tertiary/aromatic N) is 1. The summed E-state index contributed by atoms with van der Waals surface area (Å²) in [6.45, 7) is 1.84. The van der Waals surface area contributed by atoms with Crippen LogP contribution in [0.25, 0.3) is 0 Å². The molecule has 0 spiro atoms. The zero-order valence-electron chi connectivity index (χ0n) is 8.41. The fraction of sp³-hybridized carbons (Fsp3) is 0.900. The summed E-state index contributed by atoms with van der Waals surface area (Å²) in [5, 5.41) is 20.6. The maximum atomic E-state index is 8.82. The summed E-state index contributed by atoms with van der Waals surface area (Å²) < 4.78 is 5.12. The minimum absolute atomic E-state index is 0.0737. The lowest BCUT2D eigenvalue weighted by molar-refractivity contribution is 0.0922. The lowest BCUT2D eigenvalue weighted by atomic mass is 10.1. The van der Waals surface area contributed by atoms with E-state index in [-0.39, 0.29) is 12.5 Å². The van der Waals surface area contributed by atoms with Gasteiger partial charge in [-0.2, -0.15) is 5.26 Å². The average Bonchev–Trinajstić information content (AvgIpc) is 2.65. The van der Waals surface area contributed by atoms with E-state index in [0.29, 0.717) is 19.3 Å². The predicted molar refractivity (Wildman–Crippen MR) is 52.6 cm³/mol. The molecule has 4 heteroatoms. The molecule has 0 radical (unpaired) electrons. The molecule has 80 valence electrons. The summed E-state index contributed by atoms with van der Waals surface area (Å²) in [5.41, 5.74) is 0. The van der Waals surface area contributed by atoms with Crippen LogP contribution < -0.4 is 5.32 Å². The molecular formula is C10H18N2O2. The minimum Gasteiger partial charge on any atom is -0.394 e. The summed E-state index contributed by atoms with van der Waals surface area (Å²) in [6.07, 6.45) is 3.26. The first-order valence-electron chi connectivity index (χ1n) is 5.20. The molecule has 1 fully saturated rings. The van der Waals surface area contributed by atoms with E-state index in [9.17, 15) is 0 Å². The van der Waals surface area contributed by atoms with E-state index >= 15 is 0 Å². The standard InChI is InChI=1S/C10H18N2O2/c11-8-9-2-1-3-10(9)12-4-6-14-7-5-13/h9-10,12-13H,1-7H2. The molecule has 0 aliphatic heterocycles. The first kappa shape index (κ1) is 11.4. The number of hydrogen-bond acceptors (Lipinski definition) is 4. The summed E-state index contributed by atoms with van der Waals surface area (Å²) in [4.78, 5) is 0. The van der Waals surface area contributed by atoms with Crippen LogP contribution in [0.5, 0.6) is 0 Å². The summed E-state index contributed by atoms with van der Waals surface area (Å²) in [5.74, 6) is 0.174. The molecule has 0 heterocycles. The second-order valence-corrected chi connectivity index (χ2v) is 3.56. The lowest BCUT2D eigenvalue weighted by Crippen LogP contribution is -2.34. The molecule has 1 rings (SSSR count). The van der Waals surface area contributed by atoms with Crippen LogP contribution in [0.3, 0.4) is 0 Å². The Kier molecular flexibility index (Phi) is 5.53. The van der Waals surface area contributed by atoms with Gasteiger partial charge >= 0.3 is 0 Å². The Morgan fingerprint density at radius 2 is 2.29 bits per heavy atom. The monoisotopic (exact) mass is 198 g/mol. The summed E-state index contributed by atoms with van der Waals surface area (Å²) in [6, 6.07) is 2.67. The van der Waals surface area contributed by atoms with E-state index in [1.54, 1.807) is 0 Å². The van der Waals surface area contributed by atoms with Gasteiger partial charge in [0.15, 0.2) is 0 Å². The van der Waals surface area contributed by atoms with E-state index in [1.807, 2.05) is 0 Å². The predicted octanol–water partition coefficient (Wildman–Crippen LogP) is 0.277. The first-order valence-corrected chi connectivity index (χ1v) is 5.20. The third-order valence-electron chi connectivity index (χ3n) is 2.57. The van der Waals surface area contributed by atoms with Gasteiger partial charge in [0.2, 0.25) is 0 Å². The molecule has 0 aromatic heterocycles. The molecule has 2 N–H and O–H groups in total. The SMILES string of the molecule is N#CC1CCCC1NCCOCCO. The summed E-state index contributed by atoms with van der Waals surface area (Å²) >= 11 is 0. The lowest BCUT2D eigenvalue weighted by Gasteiger charge is -2.15. The van der Waals surface area contributed by atoms with Gasteiger partial charge in [0.25, 0.3) is 0 Å². The van der Waals surface area contributed by atoms with Gasteiger partial charge in [-0.25, -0.2) is 0 Å². The molecular weight excluding hydrogens is 180 g/mol. The van der Waals surface area contributed by atoms with Crippen molar-refractivity contribution in [3.05, 3.63) is 0 Å². The molecule has 0 aromatic rings. The van der Waals surface area contributed by atoms with E-state index in [2.05, 4.69) is 11.4 Å². The van der Waals surface area contributed by atoms with Crippen molar-refractivity contribution in [3.63, 3.8) is 0 Å². The van der Waals surface area contributed by atoms with Crippen LogP contribution in [-0.2, 0) is 4.74 Å². The van der Waals surface area contributed by atoms with Crippen LogP contribution in [0.2, 0.25) is 0 Å². The van der Waals surface area contributed by atoms with Gasteiger partial charge in [-0.15, -0.1) is 0 Å². The smallest absolute Gasteiger partial charge is 0.0698 e. The van der Waals surface area contributed by atoms with Gasteiger partial charge in [-0.3, -0.25) is 0 Å². The highest BCUT2D eigenvalue weighted by atomic mass is 16.5. The first-order chi connectivity index (χ1) is 6.88. The van der Waals surface area contributed by atoms with Gasteiger partial charge in [0.1, 0.15) is 0 Å². The van der Waals surface area contributed by atoms with E-state index < -0.39 is 0 Å². The number of hydrogen-bond donors (Lipinski definition) is 2. The van der Waals surface area contributed by atoms with Crippen LogP contribution in [0.4, 0.5) is 0 Å². The van der Waals surface area contributed by atoms with Gasteiger partial charge in [0, 0.05) is 12.6 Å². The number of rotatable bonds is 6. The molecule has 0 bridgehead atoms. The third-order valence-corrected chi connectivity index (χ3v) is 2.57. The molecule has 0 saturated heterocycles. The van der Waals surface area contributed by atoms with E-state index in [1.165, 1.54) is 0 Å². The Morgan fingerprint density at radius 1 is 1.43 bits per heavy atom. The highest BCUT2D eigenvalue weighted by Crippen LogP contribution is 2.24. The van der Waals surface area contributed by atoms with Crippen molar-refractivity contribution in [2.24, 2.45) is 5.92 Å². The topological polar surface area (TPSA) is 65.3 Å². The number of aliphatic hydroxyl groups is 1. The maximum absolute atomic E-state index is 8.82. The Bertz CT molecular complexity index is 191. The van der Waals surface area contributed by atoms with E-state index in [4.69, 9.17) is 15.1 Å². The Hall–Kier alpha value is -0.630. The molecule has 4 nitrogen and oxygen atoms in total. The zero-order chi connectivity index (χ0) is 10.2. The van der Waals surface area contributed by atoms with Gasteiger partial charge < -0.3 is 15.2 Å². The van der Waals surface area contributed by atoms with Crippen LogP contribution in [0.1, 0.15) is 19.3 Å². The van der Waals surface area contributed by atoms with Gasteiger partial charge in [-0.05, 0) is 12.8 Å². The second kappa shape index (κ2) is 6.77. The van der Waals surface area contributed by atoms with Crippen molar-refractivity contribution in [1.29, 1.82) is 5.26 Å². The van der Waals surface area contributed by atoms with Crippen molar-refractivity contribution in [3.8, 4) is 6.07 Å². The molecule has 1 saturated carbocycles. The van der Waals surface area contributed by atoms with Crippen molar-refractivity contribution in [2.45, 2.75) is 25.3 Å². The van der Waals surface area contributed by atoms with Gasteiger partial charge in [-0.1, -0.05) is 6.42 Å². The summed E-state index contributed by atoms with van der Waals surface area (Å²) in [7, 11) is 0. The molecule has 1 aliphatic rings. The van der Waals surface area contributed by atoms with Crippen LogP contribution >= 0.6 is 0 Å². The Morgan fingerprint density at radius 3 is 3.00 bits per heavy atom. The second-order valence-electron chi connectivity index (χ2n) is 3.56. The quantitative estimate of drug-likeness (QED) is 0.602. The zero-order valence-corrected chi connectivity index (χ0v) is 8.41. The average molecular weight is 198 g/mol. The minimum atomic E-state index is 0.0737. The Balaban J connectivity index is 2.03. The number of aliphatic hydroxyl groups excluding tert-OH is 1. The third kappa shape index (κ3) is 3.62. The van der Waals surface area contributed by atoms with Crippen molar-refractivity contribution in [2.75, 3.05) is 26.4 Å². The molecule has 0 aromatic carbocycles. The Labute approximate surface area is 84.9 Å². The van der Waals surface area contributed by atoms with Crippen molar-refractivity contribution in [1.82, 2.24) is 5.32 Å². The fourth-order valence-electron chi connectivity index (χ4n) is 1.84. The molecule has 2 atom stereocenters. The van der Waals surface area contributed by atoms with Crippen LogP contribution in [-0.4, -0.2) is 37.5 Å². The maximum Gasteiger partial charge on any atom is 0.0698 e. The highest BCUT2D eigenvalue weighted by Gasteiger charge is 2.25. The molecule has 1 aliphatic carbocycles. The number of nitrogens with one attached hydrogen (secondary N) is 1.